The highest BCUT2D eigenvalue weighted by molar-refractivity contribution is 6.31. The van der Waals surface area contributed by atoms with Crippen LogP contribution in [0.15, 0.2) is 42.7 Å². The number of carbonyl (C=O) groups excluding carboxylic acids is 1. The van der Waals surface area contributed by atoms with Crippen LogP contribution in [0.3, 0.4) is 0 Å². The van der Waals surface area contributed by atoms with Gasteiger partial charge in [0.25, 0.3) is 5.91 Å². The molecule has 0 aliphatic carbocycles. The van der Waals surface area contributed by atoms with Crippen LogP contribution in [-0.2, 0) is 0 Å². The molecule has 1 N–H and O–H groups in total. The summed E-state index contributed by atoms with van der Waals surface area (Å²) >= 11 is 5.72. The lowest BCUT2D eigenvalue weighted by molar-refractivity contribution is 0.102. The summed E-state index contributed by atoms with van der Waals surface area (Å²) in [6.07, 6.45) is 2.95. The monoisotopic (exact) mass is 250 g/mol. The van der Waals surface area contributed by atoms with Gasteiger partial charge in [-0.15, -0.1) is 0 Å². The van der Waals surface area contributed by atoms with Crippen molar-refractivity contribution in [3.63, 3.8) is 0 Å². The summed E-state index contributed by atoms with van der Waals surface area (Å²) in [6, 6.07) is 7.18. The number of anilines is 1. The van der Waals surface area contributed by atoms with Crippen molar-refractivity contribution in [2.75, 3.05) is 5.32 Å². The van der Waals surface area contributed by atoms with Crippen molar-refractivity contribution in [1.29, 1.82) is 0 Å². The standard InChI is InChI=1S/C12H8ClFN2O/c13-9-3-4-10(14)11(6-9)16-12(17)8-2-1-5-15-7-8/h1-7H,(H,16,17). The Kier molecular flexibility index (Phi) is 3.35. The molecular formula is C12H8ClFN2O. The number of hydrogen-bond acceptors (Lipinski definition) is 2. The Hall–Kier alpha value is -1.94. The average Bonchev–Trinajstić information content (AvgIpc) is 2.35. The molecule has 5 heteroatoms. The quantitative estimate of drug-likeness (QED) is 0.890. The molecule has 86 valence electrons. The molecule has 0 unspecified atom stereocenters. The van der Waals surface area contributed by atoms with Crippen LogP contribution < -0.4 is 5.32 Å². The van der Waals surface area contributed by atoms with Gasteiger partial charge in [0.15, 0.2) is 0 Å². The lowest BCUT2D eigenvalue weighted by Crippen LogP contribution is -2.13. The second kappa shape index (κ2) is 4.93. The number of nitrogens with zero attached hydrogens (tertiary/aromatic N) is 1. The van der Waals surface area contributed by atoms with Gasteiger partial charge >= 0.3 is 0 Å². The molecule has 0 fully saturated rings. The van der Waals surface area contributed by atoms with E-state index in [0.29, 0.717) is 10.6 Å². The van der Waals surface area contributed by atoms with Crippen LogP contribution in [0.2, 0.25) is 5.02 Å². The van der Waals surface area contributed by atoms with Gasteiger partial charge in [0, 0.05) is 17.4 Å². The Morgan fingerprint density at radius 2 is 2.18 bits per heavy atom. The minimum absolute atomic E-state index is 0.0475. The zero-order chi connectivity index (χ0) is 12.3. The van der Waals surface area contributed by atoms with Crippen molar-refractivity contribution in [3.8, 4) is 0 Å². The van der Waals surface area contributed by atoms with Crippen molar-refractivity contribution in [2.24, 2.45) is 0 Å². The van der Waals surface area contributed by atoms with E-state index >= 15 is 0 Å². The zero-order valence-corrected chi connectivity index (χ0v) is 9.41. The SMILES string of the molecule is O=C(Nc1cc(Cl)ccc1F)c1cccnc1. The summed E-state index contributed by atoms with van der Waals surface area (Å²) < 4.78 is 13.4. The number of halogens is 2. The third kappa shape index (κ3) is 2.79. The van der Waals surface area contributed by atoms with Gasteiger partial charge in [-0.2, -0.15) is 0 Å². The summed E-state index contributed by atoms with van der Waals surface area (Å²) in [5.74, 6) is -0.967. The van der Waals surface area contributed by atoms with Crippen molar-refractivity contribution >= 4 is 23.2 Å². The average molecular weight is 251 g/mol. The normalized spacial score (nSPS) is 10.0. The number of amides is 1. The first-order valence-corrected chi connectivity index (χ1v) is 5.21. The molecule has 3 nitrogen and oxygen atoms in total. The van der Waals surface area contributed by atoms with E-state index in [2.05, 4.69) is 10.3 Å². The third-order valence-electron chi connectivity index (χ3n) is 2.10. The number of rotatable bonds is 2. The molecule has 1 aromatic heterocycles. The maximum absolute atomic E-state index is 13.4. The minimum Gasteiger partial charge on any atom is -0.319 e. The van der Waals surface area contributed by atoms with E-state index < -0.39 is 11.7 Å². The van der Waals surface area contributed by atoms with Gasteiger partial charge in [0.1, 0.15) is 5.82 Å². The molecule has 0 saturated carbocycles. The summed E-state index contributed by atoms with van der Waals surface area (Å²) in [5.41, 5.74) is 0.401. The molecular weight excluding hydrogens is 243 g/mol. The molecule has 0 saturated heterocycles. The number of benzene rings is 1. The first kappa shape index (κ1) is 11.5. The van der Waals surface area contributed by atoms with Crippen LogP contribution >= 0.6 is 11.6 Å². The van der Waals surface area contributed by atoms with Crippen LogP contribution in [0.25, 0.3) is 0 Å². The van der Waals surface area contributed by atoms with Gasteiger partial charge in [-0.1, -0.05) is 11.6 Å². The number of pyridine rings is 1. The fourth-order valence-corrected chi connectivity index (χ4v) is 1.46. The van der Waals surface area contributed by atoms with Crippen LogP contribution in [0.1, 0.15) is 10.4 Å². The van der Waals surface area contributed by atoms with E-state index in [1.807, 2.05) is 0 Å². The van der Waals surface area contributed by atoms with Gasteiger partial charge < -0.3 is 5.32 Å². The van der Waals surface area contributed by atoms with Crippen LogP contribution in [0.5, 0.6) is 0 Å². The van der Waals surface area contributed by atoms with E-state index in [1.54, 1.807) is 18.3 Å². The molecule has 0 spiro atoms. The van der Waals surface area contributed by atoms with Gasteiger partial charge in [-0.05, 0) is 30.3 Å². The molecule has 0 bridgehead atoms. The fourth-order valence-electron chi connectivity index (χ4n) is 1.28. The summed E-state index contributed by atoms with van der Waals surface area (Å²) in [4.78, 5) is 15.5. The van der Waals surface area contributed by atoms with Crippen molar-refractivity contribution in [2.45, 2.75) is 0 Å². The molecule has 0 aliphatic rings. The van der Waals surface area contributed by atoms with E-state index in [4.69, 9.17) is 11.6 Å². The highest BCUT2D eigenvalue weighted by Gasteiger charge is 2.09. The molecule has 17 heavy (non-hydrogen) atoms. The summed E-state index contributed by atoms with van der Waals surface area (Å²) in [5, 5.41) is 2.78. The van der Waals surface area contributed by atoms with Gasteiger partial charge in [0.2, 0.25) is 0 Å². The highest BCUT2D eigenvalue weighted by Crippen LogP contribution is 2.20. The Morgan fingerprint density at radius 3 is 2.88 bits per heavy atom. The molecule has 0 aliphatic heterocycles. The second-order valence-electron chi connectivity index (χ2n) is 3.32. The number of aromatic nitrogens is 1. The van der Waals surface area contributed by atoms with Crippen LogP contribution in [0.4, 0.5) is 10.1 Å². The van der Waals surface area contributed by atoms with E-state index in [9.17, 15) is 9.18 Å². The topological polar surface area (TPSA) is 42.0 Å². The lowest BCUT2D eigenvalue weighted by atomic mass is 10.2. The van der Waals surface area contributed by atoms with Crippen LogP contribution in [0, 0.1) is 5.82 Å². The molecule has 1 heterocycles. The van der Waals surface area contributed by atoms with Crippen molar-refractivity contribution in [3.05, 3.63) is 59.1 Å². The summed E-state index contributed by atoms with van der Waals surface area (Å²) in [6.45, 7) is 0. The Labute approximate surface area is 102 Å². The molecule has 2 rings (SSSR count). The predicted molar refractivity (Wildman–Crippen MR) is 63.6 cm³/mol. The zero-order valence-electron chi connectivity index (χ0n) is 8.65. The Morgan fingerprint density at radius 1 is 1.35 bits per heavy atom. The predicted octanol–water partition coefficient (Wildman–Crippen LogP) is 3.13. The Bertz CT molecular complexity index is 545. The maximum atomic E-state index is 13.4. The van der Waals surface area contributed by atoms with E-state index in [0.717, 1.165) is 0 Å². The third-order valence-corrected chi connectivity index (χ3v) is 2.34. The molecule has 0 atom stereocenters. The van der Waals surface area contributed by atoms with Crippen molar-refractivity contribution in [1.82, 2.24) is 4.98 Å². The second-order valence-corrected chi connectivity index (χ2v) is 3.76. The molecule has 2 aromatic rings. The molecule has 1 amide bonds. The number of nitrogens with one attached hydrogen (secondary N) is 1. The molecule has 0 radical (unpaired) electrons. The maximum Gasteiger partial charge on any atom is 0.257 e. The molecule has 1 aromatic carbocycles. The first-order valence-electron chi connectivity index (χ1n) is 4.83. The van der Waals surface area contributed by atoms with Crippen LogP contribution in [-0.4, -0.2) is 10.9 Å². The van der Waals surface area contributed by atoms with Gasteiger partial charge in [-0.3, -0.25) is 9.78 Å². The summed E-state index contributed by atoms with van der Waals surface area (Å²) in [7, 11) is 0. The first-order chi connectivity index (χ1) is 8.16. The number of carbonyl (C=O) groups is 1. The van der Waals surface area contributed by atoms with E-state index in [-0.39, 0.29) is 5.69 Å². The van der Waals surface area contributed by atoms with E-state index in [1.165, 1.54) is 24.4 Å². The minimum atomic E-state index is -0.536. The Balaban J connectivity index is 2.22. The fraction of sp³-hybridized carbons (Fsp3) is 0. The van der Waals surface area contributed by atoms with Gasteiger partial charge in [0.05, 0.1) is 11.3 Å². The van der Waals surface area contributed by atoms with Gasteiger partial charge in [-0.25, -0.2) is 4.39 Å². The highest BCUT2D eigenvalue weighted by atomic mass is 35.5. The number of hydrogen-bond donors (Lipinski definition) is 1. The van der Waals surface area contributed by atoms with Crippen molar-refractivity contribution < 1.29 is 9.18 Å². The smallest absolute Gasteiger partial charge is 0.257 e. The lowest BCUT2D eigenvalue weighted by Gasteiger charge is -2.06. The largest absolute Gasteiger partial charge is 0.319 e.